The fourth-order valence-electron chi connectivity index (χ4n) is 11.3. The molecule has 0 spiro atoms. The minimum Gasteiger partial charge on any atom is -0.466 e. The van der Waals surface area contributed by atoms with E-state index in [1.54, 1.807) is 0 Å². The largest absolute Gasteiger partial charge is 0.466 e. The molecule has 0 saturated carbocycles. The van der Waals surface area contributed by atoms with Gasteiger partial charge in [0.25, 0.3) is 0 Å². The van der Waals surface area contributed by atoms with Crippen LogP contribution in [0.3, 0.4) is 0 Å². The summed E-state index contributed by atoms with van der Waals surface area (Å²) in [6.45, 7) is 4.98. The second kappa shape index (κ2) is 67.8. The molecule has 0 aromatic carbocycles. The third kappa shape index (κ3) is 63.5. The van der Waals surface area contributed by atoms with Gasteiger partial charge in [0, 0.05) is 12.8 Å². The summed E-state index contributed by atoms with van der Waals surface area (Å²) in [5, 5.41) is 23.3. The van der Waals surface area contributed by atoms with Gasteiger partial charge in [-0.1, -0.05) is 334 Å². The zero-order chi connectivity index (χ0) is 56.4. The lowest BCUT2D eigenvalue weighted by atomic mass is 10.0. The van der Waals surface area contributed by atoms with Gasteiger partial charge >= 0.3 is 5.97 Å². The van der Waals surface area contributed by atoms with E-state index in [9.17, 15) is 19.8 Å². The van der Waals surface area contributed by atoms with Crippen molar-refractivity contribution in [3.63, 3.8) is 0 Å². The molecule has 462 valence electrons. The highest BCUT2D eigenvalue weighted by molar-refractivity contribution is 5.76. The average molecular weight is 1100 g/mol. The molecule has 6 nitrogen and oxygen atoms in total. The van der Waals surface area contributed by atoms with Crippen LogP contribution in [0.2, 0.25) is 0 Å². The Bertz CT molecular complexity index is 1220. The van der Waals surface area contributed by atoms with E-state index in [4.69, 9.17) is 4.74 Å². The second-order valence-corrected chi connectivity index (χ2v) is 24.6. The molecular weight excluding hydrogens is 959 g/mol. The molecule has 0 aliphatic carbocycles. The van der Waals surface area contributed by atoms with Gasteiger partial charge in [-0.3, -0.25) is 9.59 Å². The quantitative estimate of drug-likeness (QED) is 0.0320. The number of unbranched alkanes of at least 4 members (excludes halogenated alkanes) is 52. The van der Waals surface area contributed by atoms with Crippen LogP contribution in [0.1, 0.15) is 399 Å². The number of hydrogen-bond donors (Lipinski definition) is 3. The summed E-state index contributed by atoms with van der Waals surface area (Å²) in [4.78, 5) is 24.6. The molecule has 0 aliphatic heterocycles. The van der Waals surface area contributed by atoms with Crippen LogP contribution in [0.5, 0.6) is 0 Å². The van der Waals surface area contributed by atoms with Crippen LogP contribution in [0, 0.1) is 0 Å². The first-order valence-electron chi connectivity index (χ1n) is 35.6. The number of allylic oxidation sites excluding steroid dienone is 4. The van der Waals surface area contributed by atoms with Crippen molar-refractivity contribution in [3.8, 4) is 0 Å². The molecule has 2 unspecified atom stereocenters. The van der Waals surface area contributed by atoms with Gasteiger partial charge in [-0.05, 0) is 77.0 Å². The minimum atomic E-state index is -0.663. The van der Waals surface area contributed by atoms with Gasteiger partial charge in [0.15, 0.2) is 0 Å². The Balaban J connectivity index is 3.34. The molecule has 0 radical (unpaired) electrons. The molecule has 0 aliphatic rings. The van der Waals surface area contributed by atoms with Crippen molar-refractivity contribution < 1.29 is 24.5 Å². The Morgan fingerprint density at radius 3 is 0.910 bits per heavy atom. The van der Waals surface area contributed by atoms with Crippen molar-refractivity contribution in [2.24, 2.45) is 0 Å². The fourth-order valence-corrected chi connectivity index (χ4v) is 11.3. The Kier molecular flexibility index (Phi) is 66.4. The third-order valence-electron chi connectivity index (χ3n) is 16.7. The molecule has 0 heterocycles. The first-order valence-corrected chi connectivity index (χ1v) is 35.6. The number of aliphatic hydroxyl groups is 2. The van der Waals surface area contributed by atoms with Gasteiger partial charge in [-0.15, -0.1) is 0 Å². The standard InChI is InChI=1S/C72H139NO5/c1-3-5-7-9-11-13-15-17-18-19-31-35-38-42-46-50-54-58-62-66-72(77)78-67-63-59-55-51-47-43-39-36-33-30-28-26-24-22-20-21-23-25-27-29-32-34-37-41-45-49-53-57-61-65-71(76)73-69(68-74)70(75)64-60-56-52-48-44-40-16-14-12-10-8-6-4-2/h17-18,20,22,69-70,74-75H,3-16,19,21,23-68H2,1-2H3,(H,73,76)/b18-17-,22-20-. The lowest BCUT2D eigenvalue weighted by Gasteiger charge is -2.22. The van der Waals surface area contributed by atoms with E-state index in [0.717, 1.165) is 38.5 Å². The van der Waals surface area contributed by atoms with Gasteiger partial charge in [0.1, 0.15) is 0 Å². The summed E-state index contributed by atoms with van der Waals surface area (Å²) in [6.07, 6.45) is 85.2. The van der Waals surface area contributed by atoms with Crippen LogP contribution in [0.15, 0.2) is 24.3 Å². The predicted molar refractivity (Wildman–Crippen MR) is 343 cm³/mol. The Hall–Kier alpha value is -1.66. The molecule has 6 heteroatoms. The van der Waals surface area contributed by atoms with Gasteiger partial charge in [-0.2, -0.15) is 0 Å². The summed E-state index contributed by atoms with van der Waals surface area (Å²) in [5.41, 5.74) is 0. The number of amides is 1. The number of aliphatic hydroxyl groups excluding tert-OH is 2. The average Bonchev–Trinajstić information content (AvgIpc) is 3.44. The van der Waals surface area contributed by atoms with Crippen LogP contribution in [-0.2, 0) is 14.3 Å². The summed E-state index contributed by atoms with van der Waals surface area (Å²) in [6, 6.07) is -0.540. The molecule has 0 rings (SSSR count). The van der Waals surface area contributed by atoms with Crippen LogP contribution in [-0.4, -0.2) is 47.4 Å². The molecule has 0 saturated heterocycles. The summed E-state index contributed by atoms with van der Waals surface area (Å²) in [5.74, 6) is -0.0154. The first kappa shape index (κ1) is 76.3. The van der Waals surface area contributed by atoms with Gasteiger partial charge in [-0.25, -0.2) is 0 Å². The molecule has 78 heavy (non-hydrogen) atoms. The highest BCUT2D eigenvalue weighted by Gasteiger charge is 2.20. The fraction of sp³-hybridized carbons (Fsp3) is 0.917. The molecular formula is C72H139NO5. The highest BCUT2D eigenvalue weighted by atomic mass is 16.5. The predicted octanol–water partition coefficient (Wildman–Crippen LogP) is 22.9. The number of ether oxygens (including phenoxy) is 1. The summed E-state index contributed by atoms with van der Waals surface area (Å²) >= 11 is 0. The number of esters is 1. The highest BCUT2D eigenvalue weighted by Crippen LogP contribution is 2.19. The molecule has 0 aromatic rings. The Labute approximate surface area is 488 Å². The molecule has 1 amide bonds. The second-order valence-electron chi connectivity index (χ2n) is 24.6. The smallest absolute Gasteiger partial charge is 0.305 e. The van der Waals surface area contributed by atoms with Gasteiger partial charge in [0.2, 0.25) is 5.91 Å². The number of nitrogens with one attached hydrogen (secondary N) is 1. The molecule has 0 fully saturated rings. The van der Waals surface area contributed by atoms with Crippen molar-refractivity contribution in [1.82, 2.24) is 5.32 Å². The van der Waals surface area contributed by atoms with E-state index in [-0.39, 0.29) is 18.5 Å². The lowest BCUT2D eigenvalue weighted by Crippen LogP contribution is -2.45. The van der Waals surface area contributed by atoms with Crippen LogP contribution in [0.25, 0.3) is 0 Å². The van der Waals surface area contributed by atoms with Crippen LogP contribution >= 0.6 is 0 Å². The zero-order valence-electron chi connectivity index (χ0n) is 52.9. The van der Waals surface area contributed by atoms with Crippen molar-refractivity contribution in [1.29, 1.82) is 0 Å². The number of carbonyl (C=O) groups excluding carboxylic acids is 2. The van der Waals surface area contributed by atoms with Gasteiger partial charge < -0.3 is 20.3 Å². The summed E-state index contributed by atoms with van der Waals surface area (Å²) in [7, 11) is 0. The zero-order valence-corrected chi connectivity index (χ0v) is 52.9. The van der Waals surface area contributed by atoms with E-state index < -0.39 is 12.1 Å². The third-order valence-corrected chi connectivity index (χ3v) is 16.7. The van der Waals surface area contributed by atoms with Crippen molar-refractivity contribution in [2.75, 3.05) is 13.2 Å². The SMILES string of the molecule is CCCCCCCC/C=C\CCCCCCCCCCCC(=O)OCCCCCCCCCCCCCC/C=C\CCCCCCCCCCCCCCCC(=O)NC(CO)C(O)CCCCCCCCCCCCCCC. The number of carbonyl (C=O) groups is 2. The van der Waals surface area contributed by atoms with Crippen molar-refractivity contribution in [3.05, 3.63) is 24.3 Å². The molecule has 0 bridgehead atoms. The van der Waals surface area contributed by atoms with E-state index >= 15 is 0 Å². The van der Waals surface area contributed by atoms with Crippen LogP contribution < -0.4 is 5.32 Å². The maximum absolute atomic E-state index is 12.5. The van der Waals surface area contributed by atoms with E-state index in [1.807, 2.05) is 0 Å². The van der Waals surface area contributed by atoms with Crippen molar-refractivity contribution >= 4 is 11.9 Å². The maximum Gasteiger partial charge on any atom is 0.305 e. The topological polar surface area (TPSA) is 95.9 Å². The minimum absolute atomic E-state index is 0.0168. The number of hydrogen-bond acceptors (Lipinski definition) is 5. The Morgan fingerprint density at radius 2 is 0.603 bits per heavy atom. The van der Waals surface area contributed by atoms with Crippen LogP contribution in [0.4, 0.5) is 0 Å². The Morgan fingerprint density at radius 1 is 0.346 bits per heavy atom. The van der Waals surface area contributed by atoms with Gasteiger partial charge in [0.05, 0.1) is 25.4 Å². The summed E-state index contributed by atoms with van der Waals surface area (Å²) < 4.78 is 5.51. The van der Waals surface area contributed by atoms with E-state index in [1.165, 1.54) is 327 Å². The van der Waals surface area contributed by atoms with E-state index in [0.29, 0.717) is 25.9 Å². The molecule has 3 N–H and O–H groups in total. The maximum atomic E-state index is 12.5. The normalized spacial score (nSPS) is 12.6. The van der Waals surface area contributed by atoms with Crippen molar-refractivity contribution in [2.45, 2.75) is 411 Å². The molecule has 2 atom stereocenters. The first-order chi connectivity index (χ1) is 38.5. The lowest BCUT2D eigenvalue weighted by molar-refractivity contribution is -0.143. The monoisotopic (exact) mass is 1100 g/mol. The van der Waals surface area contributed by atoms with E-state index in [2.05, 4.69) is 43.5 Å². The number of rotatable bonds is 67. The molecule has 0 aromatic heterocycles.